The highest BCUT2D eigenvalue weighted by atomic mass is 19.4. The lowest BCUT2D eigenvalue weighted by Gasteiger charge is -2.31. The molecule has 1 atom stereocenters. The number of amides is 1. The average Bonchev–Trinajstić information content (AvgIpc) is 3.28. The van der Waals surface area contributed by atoms with Gasteiger partial charge in [-0.3, -0.25) is 4.79 Å². The van der Waals surface area contributed by atoms with Crippen LogP contribution in [-0.2, 0) is 6.18 Å². The molecule has 1 fully saturated rings. The number of carbonyl (C=O) groups excluding carboxylic acids is 1. The molecule has 1 aliphatic rings. The highest BCUT2D eigenvalue weighted by molar-refractivity contribution is 5.95. The van der Waals surface area contributed by atoms with Crippen molar-refractivity contribution in [2.24, 2.45) is 5.92 Å². The molecule has 2 heterocycles. The molecule has 0 spiro atoms. The molecule has 1 aromatic carbocycles. The van der Waals surface area contributed by atoms with Gasteiger partial charge in [-0.25, -0.2) is 14.6 Å². The summed E-state index contributed by atoms with van der Waals surface area (Å²) in [7, 11) is 0. The van der Waals surface area contributed by atoms with Gasteiger partial charge in [-0.15, -0.1) is 0 Å². The van der Waals surface area contributed by atoms with Crippen LogP contribution in [0.25, 0.3) is 5.95 Å². The molecule has 6 nitrogen and oxygen atoms in total. The predicted molar refractivity (Wildman–Crippen MR) is 112 cm³/mol. The molecular weight excluding hydrogens is 419 g/mol. The van der Waals surface area contributed by atoms with Gasteiger partial charge in [0.15, 0.2) is 5.69 Å². The van der Waals surface area contributed by atoms with Gasteiger partial charge in [-0.1, -0.05) is 49.6 Å². The van der Waals surface area contributed by atoms with Crippen molar-refractivity contribution in [1.29, 1.82) is 0 Å². The number of nitrogens with one attached hydrogen (secondary N) is 1. The van der Waals surface area contributed by atoms with Crippen LogP contribution in [0.4, 0.5) is 13.2 Å². The van der Waals surface area contributed by atoms with Crippen LogP contribution in [0.1, 0.15) is 59.6 Å². The molecule has 9 heteroatoms. The molecule has 0 aliphatic heterocycles. The quantitative estimate of drug-likeness (QED) is 0.595. The van der Waals surface area contributed by atoms with E-state index in [1.165, 1.54) is 18.8 Å². The van der Waals surface area contributed by atoms with Gasteiger partial charge in [0.25, 0.3) is 5.91 Å². The summed E-state index contributed by atoms with van der Waals surface area (Å²) >= 11 is 0. The number of hydrogen-bond acceptors (Lipinski definition) is 4. The summed E-state index contributed by atoms with van der Waals surface area (Å²) in [5.74, 6) is -0.422. The second-order valence-corrected chi connectivity index (χ2v) is 8.01. The van der Waals surface area contributed by atoms with E-state index in [-0.39, 0.29) is 18.4 Å². The molecule has 32 heavy (non-hydrogen) atoms. The van der Waals surface area contributed by atoms with E-state index in [0.29, 0.717) is 5.92 Å². The minimum atomic E-state index is -4.78. The summed E-state index contributed by atoms with van der Waals surface area (Å²) in [6.45, 7) is 0.262. The smallest absolute Gasteiger partial charge is 0.351 e. The SMILES string of the molecule is O=C(NCC(c1ccccc1)C1CCCCC1)c1cn(-c2ncccn2)nc1C(F)(F)F. The molecule has 1 saturated carbocycles. The molecule has 3 aromatic rings. The van der Waals surface area contributed by atoms with Crippen LogP contribution in [0.2, 0.25) is 0 Å². The van der Waals surface area contributed by atoms with Gasteiger partial charge in [0.05, 0.1) is 5.56 Å². The Morgan fingerprint density at radius 3 is 2.41 bits per heavy atom. The molecular formula is C23H24F3N5O. The minimum absolute atomic E-state index is 0.0404. The zero-order chi connectivity index (χ0) is 22.6. The Balaban J connectivity index is 1.57. The minimum Gasteiger partial charge on any atom is -0.351 e. The highest BCUT2D eigenvalue weighted by Gasteiger charge is 2.40. The summed E-state index contributed by atoms with van der Waals surface area (Å²) in [6.07, 6.45) is 4.59. The van der Waals surface area contributed by atoms with Crippen LogP contribution >= 0.6 is 0 Å². The topological polar surface area (TPSA) is 72.7 Å². The predicted octanol–water partition coefficient (Wildman–Crippen LogP) is 4.78. The largest absolute Gasteiger partial charge is 0.435 e. The van der Waals surface area contributed by atoms with Crippen LogP contribution in [0.15, 0.2) is 55.0 Å². The molecule has 0 bridgehead atoms. The molecule has 168 valence electrons. The van der Waals surface area contributed by atoms with E-state index in [9.17, 15) is 18.0 Å². The van der Waals surface area contributed by atoms with Crippen LogP contribution in [-0.4, -0.2) is 32.2 Å². The number of hydrogen-bond donors (Lipinski definition) is 1. The van der Waals surface area contributed by atoms with Crippen molar-refractivity contribution in [3.63, 3.8) is 0 Å². The zero-order valence-electron chi connectivity index (χ0n) is 17.4. The third-order valence-corrected chi connectivity index (χ3v) is 5.91. The van der Waals surface area contributed by atoms with Crippen LogP contribution < -0.4 is 5.32 Å². The van der Waals surface area contributed by atoms with Crippen LogP contribution in [0, 0.1) is 5.92 Å². The Bertz CT molecular complexity index is 1030. The van der Waals surface area contributed by atoms with E-state index in [0.717, 1.165) is 42.1 Å². The lowest BCUT2D eigenvalue weighted by Crippen LogP contribution is -2.33. The van der Waals surface area contributed by atoms with Crippen molar-refractivity contribution < 1.29 is 18.0 Å². The number of aromatic nitrogens is 4. The van der Waals surface area contributed by atoms with Gasteiger partial charge in [0.1, 0.15) is 0 Å². The fourth-order valence-electron chi connectivity index (χ4n) is 4.35. The summed E-state index contributed by atoms with van der Waals surface area (Å²) in [6, 6.07) is 11.4. The molecule has 1 amide bonds. The second-order valence-electron chi connectivity index (χ2n) is 8.01. The Labute approximate surface area is 183 Å². The fourth-order valence-corrected chi connectivity index (χ4v) is 4.35. The number of alkyl halides is 3. The maximum Gasteiger partial charge on any atom is 0.435 e. The van der Waals surface area contributed by atoms with E-state index < -0.39 is 23.3 Å². The first-order valence-corrected chi connectivity index (χ1v) is 10.7. The van der Waals surface area contributed by atoms with Gasteiger partial charge >= 0.3 is 6.18 Å². The van der Waals surface area contributed by atoms with Crippen molar-refractivity contribution in [2.75, 3.05) is 6.54 Å². The number of nitrogens with zero attached hydrogens (tertiary/aromatic N) is 4. The van der Waals surface area contributed by atoms with Crippen molar-refractivity contribution in [3.05, 3.63) is 71.8 Å². The fraction of sp³-hybridized carbons (Fsp3) is 0.391. The summed E-state index contributed by atoms with van der Waals surface area (Å²) in [5, 5.41) is 6.29. The van der Waals surface area contributed by atoms with Crippen molar-refractivity contribution in [3.8, 4) is 5.95 Å². The van der Waals surface area contributed by atoms with E-state index in [2.05, 4.69) is 20.4 Å². The van der Waals surface area contributed by atoms with Gasteiger partial charge in [-0.05, 0) is 30.4 Å². The Hall–Kier alpha value is -3.23. The van der Waals surface area contributed by atoms with Gasteiger partial charge in [0, 0.05) is 31.1 Å². The Morgan fingerprint density at radius 1 is 1.06 bits per heavy atom. The third-order valence-electron chi connectivity index (χ3n) is 5.91. The van der Waals surface area contributed by atoms with Crippen LogP contribution in [0.3, 0.4) is 0 Å². The second kappa shape index (κ2) is 9.50. The first-order valence-electron chi connectivity index (χ1n) is 10.7. The molecule has 0 radical (unpaired) electrons. The average molecular weight is 443 g/mol. The molecule has 1 unspecified atom stereocenters. The standard InChI is InChI=1S/C23H24F3N5O/c24-23(25,26)20-19(15-31(30-20)22-27-12-7-13-28-22)21(32)29-14-18(16-8-3-1-4-9-16)17-10-5-2-6-11-17/h1,3-4,7-9,12-13,15,17-18H,2,5-6,10-11,14H2,(H,29,32). The van der Waals surface area contributed by atoms with E-state index in [4.69, 9.17) is 0 Å². The first kappa shape index (κ1) is 22.0. The monoisotopic (exact) mass is 443 g/mol. The summed E-state index contributed by atoms with van der Waals surface area (Å²) in [5.41, 5.74) is -0.707. The maximum atomic E-state index is 13.6. The van der Waals surface area contributed by atoms with Crippen molar-refractivity contribution >= 4 is 5.91 Å². The number of benzene rings is 1. The molecule has 1 aliphatic carbocycles. The Kier molecular flexibility index (Phi) is 6.53. The lowest BCUT2D eigenvalue weighted by molar-refractivity contribution is -0.141. The number of rotatable bonds is 6. The Morgan fingerprint density at radius 2 is 1.75 bits per heavy atom. The highest BCUT2D eigenvalue weighted by Crippen LogP contribution is 2.36. The lowest BCUT2D eigenvalue weighted by atomic mass is 9.77. The van der Waals surface area contributed by atoms with Gasteiger partial charge < -0.3 is 5.32 Å². The summed E-state index contributed by atoms with van der Waals surface area (Å²) < 4.78 is 41.7. The van der Waals surface area contributed by atoms with E-state index in [1.54, 1.807) is 6.07 Å². The first-order chi connectivity index (χ1) is 15.4. The molecule has 1 N–H and O–H groups in total. The number of carbonyl (C=O) groups is 1. The van der Waals surface area contributed by atoms with Gasteiger partial charge in [-0.2, -0.15) is 18.3 Å². The summed E-state index contributed by atoms with van der Waals surface area (Å²) in [4.78, 5) is 20.7. The normalized spacial score (nSPS) is 16.0. The molecule has 2 aromatic heterocycles. The maximum absolute atomic E-state index is 13.6. The zero-order valence-corrected chi connectivity index (χ0v) is 17.4. The van der Waals surface area contributed by atoms with Crippen molar-refractivity contribution in [1.82, 2.24) is 25.1 Å². The van der Waals surface area contributed by atoms with Crippen LogP contribution in [0.5, 0.6) is 0 Å². The molecule has 4 rings (SSSR count). The van der Waals surface area contributed by atoms with Gasteiger partial charge in [0.2, 0.25) is 5.95 Å². The van der Waals surface area contributed by atoms with Crippen molar-refractivity contribution in [2.45, 2.75) is 44.2 Å². The molecule has 0 saturated heterocycles. The van der Waals surface area contributed by atoms with E-state index in [1.807, 2.05) is 30.3 Å². The van der Waals surface area contributed by atoms with E-state index >= 15 is 0 Å². The number of halogens is 3. The third kappa shape index (κ3) is 4.98.